The maximum Gasteiger partial charge on any atom is 0.407 e. The zero-order valence-electron chi connectivity index (χ0n) is 19.6. The minimum absolute atomic E-state index is 0.00226. The summed E-state index contributed by atoms with van der Waals surface area (Å²) in [5.41, 5.74) is 4.52. The quantitative estimate of drug-likeness (QED) is 0.628. The Kier molecular flexibility index (Phi) is 6.21. The summed E-state index contributed by atoms with van der Waals surface area (Å²) >= 11 is 0. The molecule has 7 heteroatoms. The largest absolute Gasteiger partial charge is 0.481 e. The standard InChI is InChI=1S/C28H28N2O5/c1-2-3-12-24(26(31)30-14-13-21-22(15-30)25(21)27(32)33)29-28(34)35-16-23-19-10-6-4-8-17(19)18-9-5-7-11-20(18)23/h4-11,21-25H,12-16H2,1H3,(H,29,34)(H,32,33). The van der Waals surface area contributed by atoms with E-state index < -0.39 is 18.1 Å². The number of carbonyl (C=O) groups excluding carboxylic acids is 2. The van der Waals surface area contributed by atoms with E-state index in [1.807, 2.05) is 24.3 Å². The Morgan fingerprint density at radius 1 is 1.09 bits per heavy atom. The molecule has 35 heavy (non-hydrogen) atoms. The molecule has 1 heterocycles. The van der Waals surface area contributed by atoms with Crippen LogP contribution in [0.2, 0.25) is 0 Å². The molecule has 2 amide bonds. The lowest BCUT2D eigenvalue weighted by Gasteiger charge is -2.29. The Morgan fingerprint density at radius 2 is 1.74 bits per heavy atom. The fraction of sp³-hybridized carbons (Fsp3) is 0.393. The van der Waals surface area contributed by atoms with E-state index in [0.29, 0.717) is 19.5 Å². The smallest absolute Gasteiger partial charge is 0.407 e. The summed E-state index contributed by atoms with van der Waals surface area (Å²) in [4.78, 5) is 39.0. The van der Waals surface area contributed by atoms with Gasteiger partial charge in [0.15, 0.2) is 0 Å². The first-order valence-electron chi connectivity index (χ1n) is 12.0. The number of alkyl carbamates (subject to hydrolysis) is 1. The normalized spacial score (nSPS) is 22.5. The highest BCUT2D eigenvalue weighted by atomic mass is 16.5. The number of amides is 2. The number of rotatable bonds is 6. The van der Waals surface area contributed by atoms with Gasteiger partial charge in [-0.2, -0.15) is 0 Å². The third-order valence-corrected chi connectivity index (χ3v) is 7.51. The van der Waals surface area contributed by atoms with Gasteiger partial charge in [-0.15, -0.1) is 11.8 Å². The Labute approximate surface area is 204 Å². The van der Waals surface area contributed by atoms with Crippen molar-refractivity contribution in [1.82, 2.24) is 10.2 Å². The van der Waals surface area contributed by atoms with Gasteiger partial charge in [-0.1, -0.05) is 48.5 Å². The zero-order chi connectivity index (χ0) is 24.5. The number of hydrogen-bond donors (Lipinski definition) is 2. The van der Waals surface area contributed by atoms with E-state index in [0.717, 1.165) is 22.3 Å². The van der Waals surface area contributed by atoms with Crippen LogP contribution in [0.15, 0.2) is 48.5 Å². The van der Waals surface area contributed by atoms with Crippen LogP contribution in [0, 0.1) is 29.6 Å². The molecule has 0 aromatic heterocycles. The molecule has 2 N–H and O–H groups in total. The van der Waals surface area contributed by atoms with Gasteiger partial charge in [0.25, 0.3) is 0 Å². The third kappa shape index (κ3) is 4.37. The van der Waals surface area contributed by atoms with Gasteiger partial charge in [0.05, 0.1) is 5.92 Å². The average molecular weight is 473 g/mol. The number of hydrogen-bond acceptors (Lipinski definition) is 4. The number of carboxylic acid groups (broad SMARTS) is 1. The zero-order valence-corrected chi connectivity index (χ0v) is 19.6. The van der Waals surface area contributed by atoms with Crippen LogP contribution in [-0.4, -0.2) is 53.7 Å². The molecule has 2 aromatic rings. The number of carboxylic acids is 1. The first-order valence-corrected chi connectivity index (χ1v) is 12.0. The van der Waals surface area contributed by atoms with Crippen LogP contribution in [0.1, 0.15) is 36.8 Å². The van der Waals surface area contributed by atoms with Crippen LogP contribution in [0.5, 0.6) is 0 Å². The Morgan fingerprint density at radius 3 is 2.37 bits per heavy atom. The Balaban J connectivity index is 1.23. The van der Waals surface area contributed by atoms with Gasteiger partial charge < -0.3 is 20.1 Å². The second-order valence-corrected chi connectivity index (χ2v) is 9.42. The van der Waals surface area contributed by atoms with E-state index in [4.69, 9.17) is 4.74 Å². The van der Waals surface area contributed by atoms with Crippen molar-refractivity contribution >= 4 is 18.0 Å². The van der Waals surface area contributed by atoms with Gasteiger partial charge in [0.1, 0.15) is 12.6 Å². The van der Waals surface area contributed by atoms with E-state index in [9.17, 15) is 19.5 Å². The van der Waals surface area contributed by atoms with Crippen molar-refractivity contribution < 1.29 is 24.2 Å². The molecule has 5 rings (SSSR count). The highest BCUT2D eigenvalue weighted by molar-refractivity contribution is 5.86. The van der Waals surface area contributed by atoms with Crippen LogP contribution < -0.4 is 5.32 Å². The van der Waals surface area contributed by atoms with Crippen LogP contribution in [-0.2, 0) is 14.3 Å². The van der Waals surface area contributed by atoms with Crippen molar-refractivity contribution in [3.63, 3.8) is 0 Å². The predicted molar refractivity (Wildman–Crippen MR) is 129 cm³/mol. The molecule has 7 nitrogen and oxygen atoms in total. The number of fused-ring (bicyclic) bond motifs is 4. The maximum absolute atomic E-state index is 13.2. The van der Waals surface area contributed by atoms with E-state index in [2.05, 4.69) is 41.4 Å². The molecule has 1 aliphatic heterocycles. The number of likely N-dealkylation sites (tertiary alicyclic amines) is 1. The molecule has 4 unspecified atom stereocenters. The fourth-order valence-electron chi connectivity index (χ4n) is 5.71. The Hall–Kier alpha value is -3.79. The van der Waals surface area contributed by atoms with E-state index >= 15 is 0 Å². The first-order chi connectivity index (χ1) is 17.0. The van der Waals surface area contributed by atoms with Crippen molar-refractivity contribution in [3.8, 4) is 23.0 Å². The number of piperidine rings is 1. The van der Waals surface area contributed by atoms with Gasteiger partial charge in [-0.05, 0) is 47.4 Å². The highest BCUT2D eigenvalue weighted by Crippen LogP contribution is 2.51. The van der Waals surface area contributed by atoms with E-state index in [1.54, 1.807) is 11.8 Å². The molecule has 0 radical (unpaired) electrons. The number of benzene rings is 2. The fourth-order valence-corrected chi connectivity index (χ4v) is 5.71. The van der Waals surface area contributed by atoms with Crippen molar-refractivity contribution in [1.29, 1.82) is 0 Å². The van der Waals surface area contributed by atoms with E-state index in [1.165, 1.54) is 0 Å². The number of nitrogens with one attached hydrogen (secondary N) is 1. The molecule has 0 bridgehead atoms. The molecule has 2 aromatic carbocycles. The van der Waals surface area contributed by atoms with Gasteiger partial charge in [-0.3, -0.25) is 9.59 Å². The molecule has 1 saturated heterocycles. The molecule has 180 valence electrons. The first kappa shape index (κ1) is 23.0. The molecule has 0 spiro atoms. The van der Waals surface area contributed by atoms with Gasteiger partial charge in [-0.25, -0.2) is 4.79 Å². The highest BCUT2D eigenvalue weighted by Gasteiger charge is 2.57. The predicted octanol–water partition coefficient (Wildman–Crippen LogP) is 3.49. The number of nitrogens with zero attached hydrogens (tertiary/aromatic N) is 1. The lowest BCUT2D eigenvalue weighted by molar-refractivity contribution is -0.139. The number of aliphatic carboxylic acids is 1. The lowest BCUT2D eigenvalue weighted by atomic mass is 9.98. The molecule has 4 atom stereocenters. The third-order valence-electron chi connectivity index (χ3n) is 7.51. The van der Waals surface area contributed by atoms with Crippen molar-refractivity contribution in [2.24, 2.45) is 17.8 Å². The number of ether oxygens (including phenoxy) is 1. The van der Waals surface area contributed by atoms with Gasteiger partial charge in [0, 0.05) is 25.4 Å². The van der Waals surface area contributed by atoms with Gasteiger partial charge >= 0.3 is 12.1 Å². The minimum Gasteiger partial charge on any atom is -0.481 e. The topological polar surface area (TPSA) is 95.9 Å². The van der Waals surface area contributed by atoms with Crippen LogP contribution in [0.25, 0.3) is 11.1 Å². The summed E-state index contributed by atoms with van der Waals surface area (Å²) in [6, 6.07) is 15.4. The summed E-state index contributed by atoms with van der Waals surface area (Å²) in [6.07, 6.45) is 0.185. The van der Waals surface area contributed by atoms with E-state index in [-0.39, 0.29) is 42.6 Å². The summed E-state index contributed by atoms with van der Waals surface area (Å²) in [5, 5.41) is 12.0. The SMILES string of the molecule is CC#CCC(NC(=O)OCC1c2ccccc2-c2ccccc21)C(=O)N1CCC2C(C1)C2C(=O)O. The molecule has 3 aliphatic rings. The van der Waals surface area contributed by atoms with Gasteiger partial charge in [0.2, 0.25) is 5.91 Å². The molecule has 2 fully saturated rings. The van der Waals surface area contributed by atoms with Crippen molar-refractivity contribution in [2.45, 2.75) is 31.7 Å². The van der Waals surface area contributed by atoms with Crippen molar-refractivity contribution in [3.05, 3.63) is 59.7 Å². The Bertz CT molecular complexity index is 1180. The van der Waals surface area contributed by atoms with Crippen molar-refractivity contribution in [2.75, 3.05) is 19.7 Å². The second-order valence-electron chi connectivity index (χ2n) is 9.42. The lowest BCUT2D eigenvalue weighted by Crippen LogP contribution is -2.50. The summed E-state index contributed by atoms with van der Waals surface area (Å²) in [7, 11) is 0. The van der Waals surface area contributed by atoms with Crippen LogP contribution >= 0.6 is 0 Å². The molecular weight excluding hydrogens is 444 g/mol. The summed E-state index contributed by atoms with van der Waals surface area (Å²) < 4.78 is 5.62. The molecular formula is C28H28N2O5. The molecule has 1 saturated carbocycles. The monoisotopic (exact) mass is 472 g/mol. The average Bonchev–Trinajstić information content (AvgIpc) is 3.52. The maximum atomic E-state index is 13.2. The summed E-state index contributed by atoms with van der Waals surface area (Å²) in [6.45, 7) is 2.74. The number of carbonyl (C=O) groups is 3. The minimum atomic E-state index is -0.836. The van der Waals surface area contributed by atoms with Crippen LogP contribution in [0.4, 0.5) is 4.79 Å². The van der Waals surface area contributed by atoms with Crippen LogP contribution in [0.3, 0.4) is 0 Å². The second kappa shape index (κ2) is 9.46. The summed E-state index contributed by atoms with van der Waals surface area (Å²) in [5.74, 6) is 4.34. The molecule has 2 aliphatic carbocycles.